The maximum atomic E-state index is 8.95. The van der Waals surface area contributed by atoms with Gasteiger partial charge in [-0.05, 0) is 35.4 Å². The Hall–Kier alpha value is -3.64. The Kier molecular flexibility index (Phi) is 4.49. The van der Waals surface area contributed by atoms with Crippen LogP contribution < -0.4 is 11.2 Å². The van der Waals surface area contributed by atoms with Crippen LogP contribution in [0.5, 0.6) is 0 Å². The Balaban J connectivity index is 2.29. The average molecular weight is 288 g/mol. The van der Waals surface area contributed by atoms with E-state index in [4.69, 9.17) is 21.7 Å². The first-order valence-electron chi connectivity index (χ1n) is 6.33. The first kappa shape index (κ1) is 14.8. The van der Waals surface area contributed by atoms with Gasteiger partial charge in [0, 0.05) is 0 Å². The number of nitrogens with zero attached hydrogens (tertiary/aromatic N) is 3. The van der Waals surface area contributed by atoms with E-state index in [9.17, 15) is 0 Å². The Morgan fingerprint density at radius 3 is 2.41 bits per heavy atom. The standard InChI is InChI=1S/C16H12N6/c17-9-11-3-1-4-12(7-11)13-5-2-6-14(8-13)21-22-15(10-18)16(19)20/h1-8,21H,(H3,19,20)/b22-15+. The number of hydrazone groups is 1. The lowest BCUT2D eigenvalue weighted by atomic mass is 10.0. The Labute approximate surface area is 127 Å². The van der Waals surface area contributed by atoms with Crippen LogP contribution in [0.1, 0.15) is 5.56 Å². The molecule has 0 atom stereocenters. The van der Waals surface area contributed by atoms with E-state index in [2.05, 4.69) is 16.6 Å². The van der Waals surface area contributed by atoms with Gasteiger partial charge in [-0.3, -0.25) is 10.8 Å². The molecule has 22 heavy (non-hydrogen) atoms. The fraction of sp³-hybridized carbons (Fsp3) is 0. The van der Waals surface area contributed by atoms with Crippen LogP contribution in [-0.2, 0) is 0 Å². The zero-order valence-electron chi connectivity index (χ0n) is 11.5. The summed E-state index contributed by atoms with van der Waals surface area (Å²) in [6, 6.07) is 18.4. The monoisotopic (exact) mass is 288 g/mol. The third-order valence-electron chi connectivity index (χ3n) is 2.85. The Morgan fingerprint density at radius 2 is 1.77 bits per heavy atom. The normalized spacial score (nSPS) is 10.4. The van der Waals surface area contributed by atoms with E-state index >= 15 is 0 Å². The summed E-state index contributed by atoms with van der Waals surface area (Å²) in [4.78, 5) is 0. The van der Waals surface area contributed by atoms with Crippen LogP contribution >= 0.6 is 0 Å². The minimum atomic E-state index is -0.395. The summed E-state index contributed by atoms with van der Waals surface area (Å²) >= 11 is 0. The molecule has 0 aliphatic carbocycles. The van der Waals surface area contributed by atoms with Crippen LogP contribution in [0.2, 0.25) is 0 Å². The molecule has 0 unspecified atom stereocenters. The van der Waals surface area contributed by atoms with Crippen molar-refractivity contribution in [3.8, 4) is 23.3 Å². The summed E-state index contributed by atoms with van der Waals surface area (Å²) in [7, 11) is 0. The Morgan fingerprint density at radius 1 is 1.09 bits per heavy atom. The molecule has 2 aromatic rings. The second kappa shape index (κ2) is 6.69. The zero-order valence-corrected chi connectivity index (χ0v) is 11.5. The summed E-state index contributed by atoms with van der Waals surface area (Å²) < 4.78 is 0. The van der Waals surface area contributed by atoms with Crippen LogP contribution in [0.15, 0.2) is 53.6 Å². The molecule has 106 valence electrons. The summed E-state index contributed by atoms with van der Waals surface area (Å²) in [5, 5.41) is 28.7. The lowest BCUT2D eigenvalue weighted by molar-refractivity contribution is 1.33. The molecule has 4 N–H and O–H groups in total. The lowest BCUT2D eigenvalue weighted by Gasteiger charge is -2.06. The zero-order chi connectivity index (χ0) is 15.9. The van der Waals surface area contributed by atoms with Crippen LogP contribution in [0.25, 0.3) is 11.1 Å². The lowest BCUT2D eigenvalue weighted by Crippen LogP contribution is -2.21. The molecule has 0 amide bonds. The summed E-state index contributed by atoms with van der Waals surface area (Å²) in [6.45, 7) is 0. The van der Waals surface area contributed by atoms with E-state index in [-0.39, 0.29) is 5.71 Å². The molecular formula is C16H12N6. The molecule has 2 rings (SSSR count). The van der Waals surface area contributed by atoms with Gasteiger partial charge in [-0.25, -0.2) is 0 Å². The third kappa shape index (κ3) is 3.47. The fourth-order valence-electron chi connectivity index (χ4n) is 1.80. The number of hydrogen-bond donors (Lipinski definition) is 3. The molecular weight excluding hydrogens is 276 g/mol. The van der Waals surface area contributed by atoms with E-state index in [1.54, 1.807) is 24.3 Å². The van der Waals surface area contributed by atoms with Crippen molar-refractivity contribution in [1.82, 2.24) is 0 Å². The van der Waals surface area contributed by atoms with E-state index in [0.29, 0.717) is 11.3 Å². The van der Waals surface area contributed by atoms with E-state index in [0.717, 1.165) is 11.1 Å². The van der Waals surface area contributed by atoms with E-state index in [1.165, 1.54) is 0 Å². The number of nitrogens with one attached hydrogen (secondary N) is 2. The van der Waals surface area contributed by atoms with Crippen molar-refractivity contribution in [2.45, 2.75) is 0 Å². The smallest absolute Gasteiger partial charge is 0.201 e. The van der Waals surface area contributed by atoms with Gasteiger partial charge in [0.15, 0.2) is 5.84 Å². The number of anilines is 1. The maximum absolute atomic E-state index is 8.95. The quantitative estimate of drug-likeness (QED) is 0.454. The van der Waals surface area contributed by atoms with Crippen molar-refractivity contribution in [3.63, 3.8) is 0 Å². The van der Waals surface area contributed by atoms with Gasteiger partial charge in [-0.1, -0.05) is 24.3 Å². The largest absolute Gasteiger partial charge is 0.382 e. The molecule has 0 aliphatic heterocycles. The third-order valence-corrected chi connectivity index (χ3v) is 2.85. The van der Waals surface area contributed by atoms with Crippen molar-refractivity contribution in [1.29, 1.82) is 15.9 Å². The molecule has 0 saturated carbocycles. The van der Waals surface area contributed by atoms with Crippen LogP contribution in [0.3, 0.4) is 0 Å². The number of nitriles is 2. The molecule has 2 aromatic carbocycles. The highest BCUT2D eigenvalue weighted by atomic mass is 15.3. The van der Waals surface area contributed by atoms with Crippen molar-refractivity contribution >= 4 is 17.2 Å². The summed E-state index contributed by atoms with van der Waals surface area (Å²) in [6.07, 6.45) is 0. The second-order valence-electron chi connectivity index (χ2n) is 4.37. The molecule has 0 spiro atoms. The predicted octanol–water partition coefficient (Wildman–Crippen LogP) is 2.45. The van der Waals surface area contributed by atoms with Gasteiger partial charge < -0.3 is 5.73 Å². The van der Waals surface area contributed by atoms with Gasteiger partial charge in [-0.15, -0.1) is 0 Å². The number of rotatable bonds is 4. The first-order chi connectivity index (χ1) is 10.6. The van der Waals surface area contributed by atoms with Gasteiger partial charge in [-0.2, -0.15) is 15.6 Å². The predicted molar refractivity (Wildman–Crippen MR) is 85.2 cm³/mol. The number of hydrogen-bond acceptors (Lipinski definition) is 5. The highest BCUT2D eigenvalue weighted by molar-refractivity contribution is 6.45. The van der Waals surface area contributed by atoms with Crippen molar-refractivity contribution in [3.05, 3.63) is 54.1 Å². The van der Waals surface area contributed by atoms with Gasteiger partial charge in [0.25, 0.3) is 0 Å². The number of nitrogens with two attached hydrogens (primary N) is 1. The average Bonchev–Trinajstić information content (AvgIpc) is 2.55. The SMILES string of the molecule is N#C/C(=N\Nc1cccc(-c2cccc(C#N)c2)c1)C(=N)N. The fourth-order valence-corrected chi connectivity index (χ4v) is 1.80. The molecule has 0 radical (unpaired) electrons. The molecule has 0 fully saturated rings. The topological polar surface area (TPSA) is 122 Å². The minimum absolute atomic E-state index is 0.183. The van der Waals surface area contributed by atoms with Crippen molar-refractivity contribution in [2.24, 2.45) is 10.8 Å². The molecule has 0 aromatic heterocycles. The van der Waals surface area contributed by atoms with Gasteiger partial charge in [0.05, 0.1) is 17.3 Å². The molecule has 0 saturated heterocycles. The molecule has 0 aliphatic rings. The van der Waals surface area contributed by atoms with E-state index < -0.39 is 5.84 Å². The second-order valence-corrected chi connectivity index (χ2v) is 4.37. The van der Waals surface area contributed by atoms with Gasteiger partial charge in [0.2, 0.25) is 5.71 Å². The Bertz CT molecular complexity index is 823. The van der Waals surface area contributed by atoms with Crippen LogP contribution in [-0.4, -0.2) is 11.5 Å². The highest BCUT2D eigenvalue weighted by Crippen LogP contribution is 2.23. The maximum Gasteiger partial charge on any atom is 0.201 e. The molecule has 6 nitrogen and oxygen atoms in total. The van der Waals surface area contributed by atoms with E-state index in [1.807, 2.05) is 30.3 Å². The molecule has 0 heterocycles. The van der Waals surface area contributed by atoms with Crippen molar-refractivity contribution in [2.75, 3.05) is 5.43 Å². The summed E-state index contributed by atoms with van der Waals surface area (Å²) in [5.74, 6) is -0.395. The van der Waals surface area contributed by atoms with Crippen LogP contribution in [0.4, 0.5) is 5.69 Å². The van der Waals surface area contributed by atoms with Gasteiger partial charge in [0.1, 0.15) is 6.07 Å². The highest BCUT2D eigenvalue weighted by Gasteiger charge is 2.03. The number of amidine groups is 1. The van der Waals surface area contributed by atoms with Crippen LogP contribution in [0, 0.1) is 28.1 Å². The van der Waals surface area contributed by atoms with Gasteiger partial charge >= 0.3 is 0 Å². The molecule has 0 bridgehead atoms. The number of benzene rings is 2. The van der Waals surface area contributed by atoms with Crippen molar-refractivity contribution < 1.29 is 0 Å². The summed E-state index contributed by atoms with van der Waals surface area (Å²) in [5.41, 5.74) is 10.8. The minimum Gasteiger partial charge on any atom is -0.382 e. The molecule has 6 heteroatoms. The first-order valence-corrected chi connectivity index (χ1v) is 6.33.